The second-order valence-corrected chi connectivity index (χ2v) is 6.49. The lowest BCUT2D eigenvalue weighted by atomic mass is 10.1. The van der Waals surface area contributed by atoms with E-state index in [-0.39, 0.29) is 6.04 Å². The van der Waals surface area contributed by atoms with E-state index in [9.17, 15) is 0 Å². The van der Waals surface area contributed by atoms with E-state index >= 15 is 0 Å². The van der Waals surface area contributed by atoms with Crippen molar-refractivity contribution in [3.05, 3.63) is 43.9 Å². The van der Waals surface area contributed by atoms with Gasteiger partial charge in [-0.15, -0.1) is 11.3 Å². The van der Waals surface area contributed by atoms with E-state index in [0.717, 1.165) is 12.3 Å². The minimum Gasteiger partial charge on any atom is -0.469 e. The second kappa shape index (κ2) is 5.38. The van der Waals surface area contributed by atoms with Gasteiger partial charge in [0.1, 0.15) is 5.76 Å². The Morgan fingerprint density at radius 2 is 2.18 bits per heavy atom. The molecule has 0 aliphatic carbocycles. The van der Waals surface area contributed by atoms with Gasteiger partial charge < -0.3 is 9.73 Å². The summed E-state index contributed by atoms with van der Waals surface area (Å²) in [7, 11) is 0. The average Bonchev–Trinajstić information content (AvgIpc) is 2.83. The van der Waals surface area contributed by atoms with Gasteiger partial charge in [-0.2, -0.15) is 0 Å². The molecule has 0 saturated carbocycles. The zero-order valence-corrected chi connectivity index (χ0v) is 12.6. The van der Waals surface area contributed by atoms with E-state index in [1.165, 1.54) is 19.8 Å². The summed E-state index contributed by atoms with van der Waals surface area (Å²) in [6.45, 7) is 7.15. The van der Waals surface area contributed by atoms with Gasteiger partial charge in [-0.1, -0.05) is 6.92 Å². The molecule has 2 aromatic rings. The molecule has 1 unspecified atom stereocenters. The van der Waals surface area contributed by atoms with Gasteiger partial charge in [0, 0.05) is 10.4 Å². The number of hydrogen-bond acceptors (Lipinski definition) is 3. The lowest BCUT2D eigenvalue weighted by Gasteiger charge is -2.14. The van der Waals surface area contributed by atoms with Gasteiger partial charge in [0.15, 0.2) is 0 Å². The molecule has 0 fully saturated rings. The van der Waals surface area contributed by atoms with Crippen LogP contribution in [0.1, 0.15) is 34.7 Å². The first-order chi connectivity index (χ1) is 8.11. The van der Waals surface area contributed by atoms with Gasteiger partial charge in [0.25, 0.3) is 0 Å². The standard InChI is InChI=1S/C13H16BrNOS/c1-4-15-12(10-6-9(3)16-7-10)11-5-8(2)13(14)17-11/h5-7,12,15H,4H2,1-3H3. The first kappa shape index (κ1) is 12.9. The van der Waals surface area contributed by atoms with E-state index in [2.05, 4.69) is 47.2 Å². The molecule has 1 atom stereocenters. The van der Waals surface area contributed by atoms with Crippen LogP contribution in [0.2, 0.25) is 0 Å². The molecule has 4 heteroatoms. The Hall–Kier alpha value is -0.580. The quantitative estimate of drug-likeness (QED) is 0.904. The Bertz CT molecular complexity index is 484. The third kappa shape index (κ3) is 2.81. The monoisotopic (exact) mass is 313 g/mol. The smallest absolute Gasteiger partial charge is 0.101 e. The first-order valence-corrected chi connectivity index (χ1v) is 7.27. The number of thiophene rings is 1. The van der Waals surface area contributed by atoms with Crippen molar-refractivity contribution in [2.24, 2.45) is 0 Å². The zero-order chi connectivity index (χ0) is 12.4. The van der Waals surface area contributed by atoms with E-state index in [1.54, 1.807) is 11.3 Å². The summed E-state index contributed by atoms with van der Waals surface area (Å²) in [6, 6.07) is 4.55. The molecular formula is C13H16BrNOS. The van der Waals surface area contributed by atoms with Crippen LogP contribution in [0, 0.1) is 13.8 Å². The maximum absolute atomic E-state index is 5.40. The highest BCUT2D eigenvalue weighted by Gasteiger charge is 2.18. The lowest BCUT2D eigenvalue weighted by molar-refractivity contribution is 0.526. The van der Waals surface area contributed by atoms with Crippen LogP contribution in [0.4, 0.5) is 0 Å². The third-order valence-electron chi connectivity index (χ3n) is 2.65. The molecule has 0 spiro atoms. The van der Waals surface area contributed by atoms with Gasteiger partial charge in [0.05, 0.1) is 16.1 Å². The van der Waals surface area contributed by atoms with Crippen LogP contribution in [0.25, 0.3) is 0 Å². The van der Waals surface area contributed by atoms with Gasteiger partial charge in [-0.25, -0.2) is 0 Å². The van der Waals surface area contributed by atoms with Crippen molar-refractivity contribution in [3.63, 3.8) is 0 Å². The number of nitrogens with one attached hydrogen (secondary N) is 1. The molecule has 0 aliphatic heterocycles. The third-order valence-corrected chi connectivity index (χ3v) is 4.85. The molecule has 0 aromatic carbocycles. The highest BCUT2D eigenvalue weighted by molar-refractivity contribution is 9.11. The number of rotatable bonds is 4. The molecule has 17 heavy (non-hydrogen) atoms. The molecule has 0 radical (unpaired) electrons. The molecule has 0 saturated heterocycles. The van der Waals surface area contributed by atoms with Crippen LogP contribution in [-0.2, 0) is 0 Å². The van der Waals surface area contributed by atoms with Crippen molar-refractivity contribution >= 4 is 27.3 Å². The maximum atomic E-state index is 5.40. The van der Waals surface area contributed by atoms with Crippen LogP contribution in [-0.4, -0.2) is 6.54 Å². The summed E-state index contributed by atoms with van der Waals surface area (Å²) in [5, 5.41) is 3.50. The minimum absolute atomic E-state index is 0.229. The van der Waals surface area contributed by atoms with Crippen molar-refractivity contribution in [3.8, 4) is 0 Å². The minimum atomic E-state index is 0.229. The average molecular weight is 314 g/mol. The molecule has 0 bridgehead atoms. The van der Waals surface area contributed by atoms with Gasteiger partial charge in [-0.3, -0.25) is 0 Å². The summed E-state index contributed by atoms with van der Waals surface area (Å²) in [5.74, 6) is 0.954. The van der Waals surface area contributed by atoms with E-state index in [0.29, 0.717) is 0 Å². The van der Waals surface area contributed by atoms with Gasteiger partial charge >= 0.3 is 0 Å². The summed E-state index contributed by atoms with van der Waals surface area (Å²) >= 11 is 5.36. The summed E-state index contributed by atoms with van der Waals surface area (Å²) in [5.41, 5.74) is 2.48. The van der Waals surface area contributed by atoms with Gasteiger partial charge in [0.2, 0.25) is 0 Å². The Morgan fingerprint density at radius 1 is 1.41 bits per heavy atom. The van der Waals surface area contributed by atoms with E-state index < -0.39 is 0 Å². The fourth-order valence-corrected chi connectivity index (χ4v) is 3.50. The molecule has 0 amide bonds. The Labute approximate surface area is 114 Å². The van der Waals surface area contributed by atoms with Crippen molar-refractivity contribution in [2.45, 2.75) is 26.8 Å². The number of furan rings is 1. The SMILES string of the molecule is CCNC(c1coc(C)c1)c1cc(C)c(Br)s1. The first-order valence-electron chi connectivity index (χ1n) is 5.66. The van der Waals surface area contributed by atoms with Crippen molar-refractivity contribution in [1.82, 2.24) is 5.32 Å². The number of hydrogen-bond donors (Lipinski definition) is 1. The van der Waals surface area contributed by atoms with Crippen LogP contribution >= 0.6 is 27.3 Å². The predicted molar refractivity (Wildman–Crippen MR) is 75.7 cm³/mol. The van der Waals surface area contributed by atoms with E-state index in [1.807, 2.05) is 13.2 Å². The topological polar surface area (TPSA) is 25.2 Å². The largest absolute Gasteiger partial charge is 0.469 e. The maximum Gasteiger partial charge on any atom is 0.101 e. The van der Waals surface area contributed by atoms with Crippen LogP contribution in [0.5, 0.6) is 0 Å². The highest BCUT2D eigenvalue weighted by Crippen LogP contribution is 2.34. The number of halogens is 1. The van der Waals surface area contributed by atoms with E-state index in [4.69, 9.17) is 4.42 Å². The molecule has 2 rings (SSSR count). The summed E-state index contributed by atoms with van der Waals surface area (Å²) < 4.78 is 6.61. The fraction of sp³-hybridized carbons (Fsp3) is 0.385. The fourth-order valence-electron chi connectivity index (χ4n) is 1.83. The Balaban J connectivity index is 2.34. The van der Waals surface area contributed by atoms with Crippen LogP contribution in [0.3, 0.4) is 0 Å². The summed E-state index contributed by atoms with van der Waals surface area (Å²) in [4.78, 5) is 1.32. The Morgan fingerprint density at radius 3 is 2.65 bits per heavy atom. The molecule has 2 heterocycles. The van der Waals surface area contributed by atoms with Crippen molar-refractivity contribution in [1.29, 1.82) is 0 Å². The molecule has 1 N–H and O–H groups in total. The molecule has 2 nitrogen and oxygen atoms in total. The van der Waals surface area contributed by atoms with Crippen LogP contribution in [0.15, 0.2) is 26.6 Å². The van der Waals surface area contributed by atoms with Crippen LogP contribution < -0.4 is 5.32 Å². The molecule has 92 valence electrons. The van der Waals surface area contributed by atoms with Crippen molar-refractivity contribution in [2.75, 3.05) is 6.54 Å². The zero-order valence-electron chi connectivity index (χ0n) is 10.2. The normalized spacial score (nSPS) is 12.9. The predicted octanol–water partition coefficient (Wildman–Crippen LogP) is 4.42. The van der Waals surface area contributed by atoms with Gasteiger partial charge in [-0.05, 0) is 54.0 Å². The summed E-state index contributed by atoms with van der Waals surface area (Å²) in [6.07, 6.45) is 1.84. The van der Waals surface area contributed by atoms with Crippen molar-refractivity contribution < 1.29 is 4.42 Å². The lowest BCUT2D eigenvalue weighted by Crippen LogP contribution is -2.20. The molecular weight excluding hydrogens is 298 g/mol. The Kier molecular flexibility index (Phi) is 4.07. The number of aryl methyl sites for hydroxylation is 2. The second-order valence-electron chi connectivity index (χ2n) is 4.09. The highest BCUT2D eigenvalue weighted by atomic mass is 79.9. The molecule has 0 aliphatic rings. The molecule has 2 aromatic heterocycles.